The van der Waals surface area contributed by atoms with Crippen molar-refractivity contribution >= 4 is 32.9 Å². The molecule has 0 saturated carbocycles. The number of carbonyl (C=O) groups excluding carboxylic acids is 1. The zero-order chi connectivity index (χ0) is 22.5. The molecule has 0 bridgehead atoms. The maximum atomic E-state index is 13.8. The summed E-state index contributed by atoms with van der Waals surface area (Å²) in [5.41, 5.74) is 2.05. The van der Waals surface area contributed by atoms with E-state index in [1.165, 1.54) is 12.1 Å². The van der Waals surface area contributed by atoms with Gasteiger partial charge in [0, 0.05) is 23.6 Å². The largest absolute Gasteiger partial charge is 0.497 e. The van der Waals surface area contributed by atoms with Gasteiger partial charge in [0.05, 0.1) is 30.3 Å². The van der Waals surface area contributed by atoms with Crippen molar-refractivity contribution in [3.05, 3.63) is 58.1 Å². The lowest BCUT2D eigenvalue weighted by Crippen LogP contribution is -2.33. The van der Waals surface area contributed by atoms with Crippen LogP contribution in [0.4, 0.5) is 4.39 Å². The van der Waals surface area contributed by atoms with Gasteiger partial charge in [0.15, 0.2) is 0 Å². The van der Waals surface area contributed by atoms with Crippen LogP contribution in [0.15, 0.2) is 40.9 Å². The quantitative estimate of drug-likeness (QED) is 0.367. The summed E-state index contributed by atoms with van der Waals surface area (Å²) in [4.78, 5) is 20.0. The fraction of sp³-hybridized carbons (Fsp3) is 0.417. The van der Waals surface area contributed by atoms with Crippen LogP contribution in [0.2, 0.25) is 0 Å². The Bertz CT molecular complexity index is 1060. The normalized spacial score (nSPS) is 11.3. The Balaban J connectivity index is 2.00. The van der Waals surface area contributed by atoms with E-state index in [0.717, 1.165) is 35.2 Å². The molecule has 0 atom stereocenters. The van der Waals surface area contributed by atoms with E-state index in [9.17, 15) is 9.18 Å². The van der Waals surface area contributed by atoms with Crippen LogP contribution in [0.25, 0.3) is 11.0 Å². The molecule has 0 fully saturated rings. The first-order valence-electron chi connectivity index (χ1n) is 10.6. The minimum Gasteiger partial charge on any atom is -0.497 e. The number of hydrogen-bond acceptors (Lipinski definition) is 3. The molecule has 166 valence electrons. The van der Waals surface area contributed by atoms with Crippen molar-refractivity contribution in [3.63, 3.8) is 0 Å². The molecule has 0 radical (unpaired) electrons. The van der Waals surface area contributed by atoms with Crippen molar-refractivity contribution in [1.82, 2.24) is 14.5 Å². The fourth-order valence-electron chi connectivity index (χ4n) is 3.55. The average molecular weight is 490 g/mol. The first-order chi connectivity index (χ1) is 14.8. The number of aryl methyl sites for hydroxylation is 1. The minimum absolute atomic E-state index is 0.0901. The predicted molar refractivity (Wildman–Crippen MR) is 125 cm³/mol. The average Bonchev–Trinajstić information content (AvgIpc) is 3.07. The number of benzene rings is 2. The number of rotatable bonds is 9. The summed E-state index contributed by atoms with van der Waals surface area (Å²) in [6.45, 7) is 8.08. The van der Waals surface area contributed by atoms with Gasteiger partial charge in [-0.15, -0.1) is 0 Å². The maximum Gasteiger partial charge on any atom is 0.255 e. The zero-order valence-corrected chi connectivity index (χ0v) is 20.1. The van der Waals surface area contributed by atoms with Gasteiger partial charge in [-0.05, 0) is 65.0 Å². The standard InChI is InChI=1S/C24H29BrFN3O2/c1-5-11-29-22-9-6-17(26)13-21(22)27-23(29)15-28(12-10-16(2)3)24(30)19-14-18(31-4)7-8-20(19)25/h6-9,13-14,16H,5,10-12,15H2,1-4H3. The highest BCUT2D eigenvalue weighted by atomic mass is 79.9. The summed E-state index contributed by atoms with van der Waals surface area (Å²) in [5, 5.41) is 0. The monoisotopic (exact) mass is 489 g/mol. The predicted octanol–water partition coefficient (Wildman–Crippen LogP) is 6.05. The number of ether oxygens (including phenoxy) is 1. The van der Waals surface area contributed by atoms with E-state index in [4.69, 9.17) is 4.74 Å². The van der Waals surface area contributed by atoms with Gasteiger partial charge >= 0.3 is 0 Å². The Labute approximate surface area is 191 Å². The number of amides is 1. The smallest absolute Gasteiger partial charge is 0.255 e. The molecule has 1 heterocycles. The molecule has 0 aliphatic rings. The molecule has 31 heavy (non-hydrogen) atoms. The van der Waals surface area contributed by atoms with Crippen molar-refractivity contribution < 1.29 is 13.9 Å². The lowest BCUT2D eigenvalue weighted by atomic mass is 10.1. The van der Waals surface area contributed by atoms with E-state index >= 15 is 0 Å². The SMILES string of the molecule is CCCn1c(CN(CCC(C)C)C(=O)c2cc(OC)ccc2Br)nc2cc(F)ccc21. The van der Waals surface area contributed by atoms with Crippen molar-refractivity contribution in [3.8, 4) is 5.75 Å². The van der Waals surface area contributed by atoms with Crippen LogP contribution in [-0.4, -0.2) is 34.0 Å². The summed E-state index contributed by atoms with van der Waals surface area (Å²) in [5.74, 6) is 1.44. The van der Waals surface area contributed by atoms with Gasteiger partial charge in [-0.1, -0.05) is 20.8 Å². The van der Waals surface area contributed by atoms with Crippen LogP contribution < -0.4 is 4.74 Å². The van der Waals surface area contributed by atoms with Gasteiger partial charge in [0.25, 0.3) is 5.91 Å². The van der Waals surface area contributed by atoms with Crippen molar-refractivity contribution in [2.45, 2.75) is 46.7 Å². The molecule has 0 aliphatic carbocycles. The highest BCUT2D eigenvalue weighted by Crippen LogP contribution is 2.26. The van der Waals surface area contributed by atoms with E-state index in [0.29, 0.717) is 35.8 Å². The van der Waals surface area contributed by atoms with Crippen molar-refractivity contribution in [2.24, 2.45) is 5.92 Å². The summed E-state index contributed by atoms with van der Waals surface area (Å²) in [6.07, 6.45) is 1.78. The second kappa shape index (κ2) is 10.3. The molecule has 3 aromatic rings. The molecule has 7 heteroatoms. The molecule has 2 aromatic carbocycles. The molecule has 3 rings (SSSR count). The summed E-state index contributed by atoms with van der Waals surface area (Å²) in [7, 11) is 1.58. The van der Waals surface area contributed by atoms with Gasteiger partial charge in [0.2, 0.25) is 0 Å². The Morgan fingerprint density at radius 1 is 1.26 bits per heavy atom. The van der Waals surface area contributed by atoms with Gasteiger partial charge in [-0.2, -0.15) is 0 Å². The van der Waals surface area contributed by atoms with Crippen LogP contribution in [0.3, 0.4) is 0 Å². The van der Waals surface area contributed by atoms with Crippen LogP contribution in [0, 0.1) is 11.7 Å². The highest BCUT2D eigenvalue weighted by Gasteiger charge is 2.22. The molecule has 1 aromatic heterocycles. The van der Waals surface area contributed by atoms with E-state index in [2.05, 4.69) is 46.3 Å². The lowest BCUT2D eigenvalue weighted by molar-refractivity contribution is 0.0728. The van der Waals surface area contributed by atoms with Gasteiger partial charge in [-0.25, -0.2) is 9.37 Å². The van der Waals surface area contributed by atoms with Gasteiger partial charge < -0.3 is 14.2 Å². The second-order valence-corrected chi connectivity index (χ2v) is 8.92. The Morgan fingerprint density at radius 2 is 2.03 bits per heavy atom. The second-order valence-electron chi connectivity index (χ2n) is 8.07. The number of hydrogen-bond donors (Lipinski definition) is 0. The lowest BCUT2D eigenvalue weighted by Gasteiger charge is -2.24. The van der Waals surface area contributed by atoms with E-state index in [1.807, 2.05) is 17.0 Å². The number of carbonyl (C=O) groups is 1. The highest BCUT2D eigenvalue weighted by molar-refractivity contribution is 9.10. The Morgan fingerprint density at radius 3 is 2.71 bits per heavy atom. The van der Waals surface area contributed by atoms with Crippen LogP contribution in [-0.2, 0) is 13.1 Å². The summed E-state index contributed by atoms with van der Waals surface area (Å²) in [6, 6.07) is 10.0. The number of methoxy groups -OCH3 is 1. The van der Waals surface area contributed by atoms with Gasteiger partial charge in [-0.3, -0.25) is 4.79 Å². The number of aromatic nitrogens is 2. The zero-order valence-electron chi connectivity index (χ0n) is 18.5. The maximum absolute atomic E-state index is 13.8. The van der Waals surface area contributed by atoms with E-state index in [1.54, 1.807) is 19.2 Å². The van der Waals surface area contributed by atoms with Crippen LogP contribution >= 0.6 is 15.9 Å². The van der Waals surface area contributed by atoms with Crippen molar-refractivity contribution in [1.29, 1.82) is 0 Å². The molecule has 0 saturated heterocycles. The summed E-state index contributed by atoms with van der Waals surface area (Å²) >= 11 is 3.50. The number of halogens is 2. The first-order valence-corrected chi connectivity index (χ1v) is 11.4. The minimum atomic E-state index is -0.312. The number of nitrogens with zero attached hydrogens (tertiary/aromatic N) is 3. The third-order valence-electron chi connectivity index (χ3n) is 5.24. The number of imidazole rings is 1. The molecule has 0 unspecified atom stereocenters. The molecule has 0 N–H and O–H groups in total. The summed E-state index contributed by atoms with van der Waals surface area (Å²) < 4.78 is 21.9. The van der Waals surface area contributed by atoms with Gasteiger partial charge in [0.1, 0.15) is 17.4 Å². The van der Waals surface area contributed by atoms with E-state index in [-0.39, 0.29) is 11.7 Å². The molecular weight excluding hydrogens is 461 g/mol. The molecular formula is C24H29BrFN3O2. The Kier molecular flexibility index (Phi) is 7.70. The van der Waals surface area contributed by atoms with Crippen LogP contribution in [0.1, 0.15) is 49.8 Å². The first kappa shape index (κ1) is 23.3. The molecule has 5 nitrogen and oxygen atoms in total. The molecule has 1 amide bonds. The van der Waals surface area contributed by atoms with Crippen molar-refractivity contribution in [2.75, 3.05) is 13.7 Å². The van der Waals surface area contributed by atoms with Crippen LogP contribution in [0.5, 0.6) is 5.75 Å². The third kappa shape index (κ3) is 5.45. The Hall–Kier alpha value is -2.41. The van der Waals surface area contributed by atoms with E-state index < -0.39 is 0 Å². The molecule has 0 spiro atoms. The topological polar surface area (TPSA) is 47.4 Å². The number of fused-ring (bicyclic) bond motifs is 1. The fourth-order valence-corrected chi connectivity index (χ4v) is 3.97. The third-order valence-corrected chi connectivity index (χ3v) is 5.93. The molecule has 0 aliphatic heterocycles.